The summed E-state index contributed by atoms with van der Waals surface area (Å²) in [5, 5.41) is 3.54. The highest BCUT2D eigenvalue weighted by Gasteiger charge is 2.42. The monoisotopic (exact) mass is 432 g/mol. The standard InChI is InChI=1S/C22H29ClN4O3/c1-29-16-21(28)25-14-19-6-7-22(30-19)8-11-26(12-9-22)15-18-3-2-10-27(18)20-5-4-17(23)13-24-20/h2-5,10,13,19H,6-9,11-12,14-16H2,1H3,(H,25,28)/t19-/m1/s1. The van der Waals surface area contributed by atoms with Crippen LogP contribution in [-0.2, 0) is 20.8 Å². The zero-order valence-electron chi connectivity index (χ0n) is 17.3. The number of amides is 1. The van der Waals surface area contributed by atoms with Gasteiger partial charge in [-0.3, -0.25) is 9.69 Å². The van der Waals surface area contributed by atoms with Gasteiger partial charge in [-0.15, -0.1) is 0 Å². The fourth-order valence-corrected chi connectivity index (χ4v) is 4.56. The summed E-state index contributed by atoms with van der Waals surface area (Å²) >= 11 is 5.97. The molecule has 7 nitrogen and oxygen atoms in total. The lowest BCUT2D eigenvalue weighted by atomic mass is 9.88. The molecule has 0 aliphatic carbocycles. The van der Waals surface area contributed by atoms with Crippen molar-refractivity contribution in [1.29, 1.82) is 0 Å². The summed E-state index contributed by atoms with van der Waals surface area (Å²) in [6.45, 7) is 3.54. The van der Waals surface area contributed by atoms with E-state index in [1.165, 1.54) is 12.8 Å². The van der Waals surface area contributed by atoms with Crippen molar-refractivity contribution < 1.29 is 14.3 Å². The number of carbonyl (C=O) groups excluding carboxylic acids is 1. The maximum absolute atomic E-state index is 11.6. The van der Waals surface area contributed by atoms with Gasteiger partial charge in [-0.05, 0) is 49.9 Å². The minimum Gasteiger partial charge on any atom is -0.375 e. The lowest BCUT2D eigenvalue weighted by Crippen LogP contribution is -2.45. The lowest BCUT2D eigenvalue weighted by Gasteiger charge is -2.39. The van der Waals surface area contributed by atoms with E-state index in [4.69, 9.17) is 21.1 Å². The van der Waals surface area contributed by atoms with Crippen molar-refractivity contribution in [3.05, 3.63) is 47.4 Å². The number of piperidine rings is 1. The van der Waals surface area contributed by atoms with Crippen LogP contribution in [0.4, 0.5) is 0 Å². The van der Waals surface area contributed by atoms with Crippen LogP contribution in [0, 0.1) is 0 Å². The van der Waals surface area contributed by atoms with Gasteiger partial charge >= 0.3 is 0 Å². The molecule has 8 heteroatoms. The molecule has 1 atom stereocenters. The number of ether oxygens (including phenoxy) is 2. The van der Waals surface area contributed by atoms with Crippen LogP contribution in [0.15, 0.2) is 36.7 Å². The third-order valence-electron chi connectivity index (χ3n) is 6.09. The zero-order valence-corrected chi connectivity index (χ0v) is 18.1. The number of methoxy groups -OCH3 is 1. The first-order valence-electron chi connectivity index (χ1n) is 10.5. The van der Waals surface area contributed by atoms with Crippen molar-refractivity contribution in [2.75, 3.05) is 33.4 Å². The molecular weight excluding hydrogens is 404 g/mol. The number of nitrogens with one attached hydrogen (secondary N) is 1. The van der Waals surface area contributed by atoms with Gasteiger partial charge < -0.3 is 19.4 Å². The van der Waals surface area contributed by atoms with E-state index < -0.39 is 0 Å². The fourth-order valence-electron chi connectivity index (χ4n) is 4.44. The van der Waals surface area contributed by atoms with Gasteiger partial charge in [0.2, 0.25) is 5.91 Å². The Bertz CT molecular complexity index is 846. The van der Waals surface area contributed by atoms with Crippen LogP contribution in [0.3, 0.4) is 0 Å². The first kappa shape index (κ1) is 21.3. The lowest BCUT2D eigenvalue weighted by molar-refractivity contribution is -0.126. The van der Waals surface area contributed by atoms with E-state index >= 15 is 0 Å². The molecule has 1 spiro atoms. The van der Waals surface area contributed by atoms with Crippen molar-refractivity contribution in [3.63, 3.8) is 0 Å². The summed E-state index contributed by atoms with van der Waals surface area (Å²) in [5.74, 6) is 0.792. The van der Waals surface area contributed by atoms with Gasteiger partial charge in [0.15, 0.2) is 0 Å². The molecule has 0 bridgehead atoms. The number of nitrogens with zero attached hydrogens (tertiary/aromatic N) is 3. The van der Waals surface area contributed by atoms with Crippen molar-refractivity contribution in [3.8, 4) is 5.82 Å². The van der Waals surface area contributed by atoms with Gasteiger partial charge in [-0.1, -0.05) is 11.6 Å². The number of halogens is 1. The SMILES string of the molecule is COCC(=O)NC[C@H]1CCC2(CCN(Cc3cccn3-c3ccc(Cl)cn3)CC2)O1. The van der Waals surface area contributed by atoms with Crippen LogP contribution < -0.4 is 5.32 Å². The molecule has 2 fully saturated rings. The molecule has 2 aromatic heterocycles. The molecule has 30 heavy (non-hydrogen) atoms. The van der Waals surface area contributed by atoms with E-state index in [2.05, 4.69) is 31.9 Å². The van der Waals surface area contributed by atoms with Crippen molar-refractivity contribution in [2.24, 2.45) is 0 Å². The van der Waals surface area contributed by atoms with E-state index in [9.17, 15) is 4.79 Å². The third kappa shape index (κ3) is 5.03. The first-order chi connectivity index (χ1) is 14.6. The highest BCUT2D eigenvalue weighted by molar-refractivity contribution is 6.30. The summed E-state index contributed by atoms with van der Waals surface area (Å²) in [5.41, 5.74) is 1.18. The van der Waals surface area contributed by atoms with Crippen LogP contribution in [0.25, 0.3) is 5.82 Å². The molecule has 2 aliphatic rings. The summed E-state index contributed by atoms with van der Waals surface area (Å²) < 4.78 is 13.4. The predicted octanol–water partition coefficient (Wildman–Crippen LogP) is 2.80. The Balaban J connectivity index is 1.28. The summed E-state index contributed by atoms with van der Waals surface area (Å²) in [4.78, 5) is 18.5. The molecule has 0 saturated carbocycles. The quantitative estimate of drug-likeness (QED) is 0.728. The van der Waals surface area contributed by atoms with Crippen LogP contribution in [-0.4, -0.2) is 65.4 Å². The van der Waals surface area contributed by atoms with Crippen LogP contribution in [0.5, 0.6) is 0 Å². The first-order valence-corrected chi connectivity index (χ1v) is 10.9. The Hall–Kier alpha value is -1.93. The normalized spacial score (nSPS) is 21.2. The van der Waals surface area contributed by atoms with Crippen molar-refractivity contribution >= 4 is 17.5 Å². The maximum atomic E-state index is 11.6. The second-order valence-corrected chi connectivity index (χ2v) is 8.62. The summed E-state index contributed by atoms with van der Waals surface area (Å²) in [6.07, 6.45) is 7.93. The van der Waals surface area contributed by atoms with Gasteiger partial charge in [-0.25, -0.2) is 4.98 Å². The highest BCUT2D eigenvalue weighted by Crippen LogP contribution is 2.39. The zero-order chi connectivity index (χ0) is 21.0. The van der Waals surface area contributed by atoms with Crippen molar-refractivity contribution in [1.82, 2.24) is 19.8 Å². The molecule has 0 radical (unpaired) electrons. The smallest absolute Gasteiger partial charge is 0.246 e. The van der Waals surface area contributed by atoms with E-state index in [0.29, 0.717) is 11.6 Å². The Morgan fingerprint density at radius 2 is 2.17 bits per heavy atom. The average Bonchev–Trinajstić information content (AvgIpc) is 3.37. The second-order valence-electron chi connectivity index (χ2n) is 8.18. The minimum absolute atomic E-state index is 0.0348. The van der Waals surface area contributed by atoms with E-state index in [0.717, 1.165) is 51.1 Å². The number of carbonyl (C=O) groups is 1. The fraction of sp³-hybridized carbons (Fsp3) is 0.545. The predicted molar refractivity (Wildman–Crippen MR) is 115 cm³/mol. The minimum atomic E-state index is -0.0879. The molecule has 2 aromatic rings. The molecule has 162 valence electrons. The molecule has 0 unspecified atom stereocenters. The van der Waals surface area contributed by atoms with Crippen LogP contribution >= 0.6 is 11.6 Å². The topological polar surface area (TPSA) is 68.6 Å². The third-order valence-corrected chi connectivity index (χ3v) is 6.31. The highest BCUT2D eigenvalue weighted by atomic mass is 35.5. The number of aromatic nitrogens is 2. The molecule has 1 N–H and O–H groups in total. The number of likely N-dealkylation sites (tertiary alicyclic amines) is 1. The van der Waals surface area contributed by atoms with Crippen LogP contribution in [0.1, 0.15) is 31.4 Å². The number of hydrogen-bond acceptors (Lipinski definition) is 5. The maximum Gasteiger partial charge on any atom is 0.246 e. The van der Waals surface area contributed by atoms with Gasteiger partial charge in [0, 0.05) is 51.4 Å². The number of hydrogen-bond donors (Lipinski definition) is 1. The Kier molecular flexibility index (Phi) is 6.73. The molecular formula is C22H29ClN4O3. The van der Waals surface area contributed by atoms with E-state index in [1.807, 2.05) is 18.3 Å². The largest absolute Gasteiger partial charge is 0.375 e. The number of pyridine rings is 1. The average molecular weight is 433 g/mol. The second kappa shape index (κ2) is 9.47. The van der Waals surface area contributed by atoms with Gasteiger partial charge in [0.25, 0.3) is 0 Å². The molecule has 4 rings (SSSR count). The van der Waals surface area contributed by atoms with Crippen molar-refractivity contribution in [2.45, 2.75) is 43.9 Å². The van der Waals surface area contributed by atoms with Gasteiger partial charge in [0.05, 0.1) is 16.7 Å². The molecule has 2 saturated heterocycles. The Labute approximate surface area is 182 Å². The molecule has 1 amide bonds. The van der Waals surface area contributed by atoms with Gasteiger partial charge in [0.1, 0.15) is 12.4 Å². The number of rotatable bonds is 7. The van der Waals surface area contributed by atoms with E-state index in [-0.39, 0.29) is 24.2 Å². The molecule has 2 aliphatic heterocycles. The molecule has 0 aromatic carbocycles. The Morgan fingerprint density at radius 1 is 1.33 bits per heavy atom. The Morgan fingerprint density at radius 3 is 2.90 bits per heavy atom. The summed E-state index contributed by atoms with van der Waals surface area (Å²) in [7, 11) is 1.53. The molecule has 4 heterocycles. The van der Waals surface area contributed by atoms with Gasteiger partial charge in [-0.2, -0.15) is 0 Å². The summed E-state index contributed by atoms with van der Waals surface area (Å²) in [6, 6.07) is 8.00. The van der Waals surface area contributed by atoms with Crippen LogP contribution in [0.2, 0.25) is 5.02 Å². The van der Waals surface area contributed by atoms with E-state index in [1.54, 1.807) is 6.20 Å².